The maximum absolute atomic E-state index is 13.5. The zero-order valence-corrected chi connectivity index (χ0v) is 11.7. The minimum absolute atomic E-state index is 0.0940. The van der Waals surface area contributed by atoms with Crippen molar-refractivity contribution in [2.45, 2.75) is 39.2 Å². The smallest absolute Gasteiger partial charge is 0.167 e. The summed E-state index contributed by atoms with van der Waals surface area (Å²) >= 11 is 0. The number of Topliss-reactive ketones (excluding diaryl/α,β-unsaturated/α-hetero) is 1. The Labute approximate surface area is 114 Å². The molecular weight excluding hydrogens is 241 g/mol. The lowest BCUT2D eigenvalue weighted by atomic mass is 9.92. The normalized spacial score (nSPS) is 24.4. The summed E-state index contributed by atoms with van der Waals surface area (Å²) in [6, 6.07) is 6.75. The van der Waals surface area contributed by atoms with Crippen LogP contribution >= 0.6 is 0 Å². The van der Waals surface area contributed by atoms with Crippen LogP contribution in [-0.2, 0) is 0 Å². The molecule has 1 aliphatic heterocycles. The van der Waals surface area contributed by atoms with Gasteiger partial charge in [-0.3, -0.25) is 9.69 Å². The van der Waals surface area contributed by atoms with Crippen molar-refractivity contribution in [2.24, 2.45) is 5.92 Å². The molecule has 0 radical (unpaired) electrons. The van der Waals surface area contributed by atoms with Gasteiger partial charge in [0.1, 0.15) is 5.82 Å². The summed E-state index contributed by atoms with van der Waals surface area (Å²) in [4.78, 5) is 14.4. The fraction of sp³-hybridized carbons (Fsp3) is 0.562. The molecule has 0 N–H and O–H groups in total. The fourth-order valence-electron chi connectivity index (χ4n) is 2.80. The zero-order valence-electron chi connectivity index (χ0n) is 11.7. The van der Waals surface area contributed by atoms with Crippen LogP contribution in [0.25, 0.3) is 0 Å². The Morgan fingerprint density at radius 1 is 1.37 bits per heavy atom. The largest absolute Gasteiger partial charge is 0.300 e. The Morgan fingerprint density at radius 2 is 2.11 bits per heavy atom. The van der Waals surface area contributed by atoms with Gasteiger partial charge in [-0.25, -0.2) is 4.39 Å². The van der Waals surface area contributed by atoms with Gasteiger partial charge in [-0.05, 0) is 44.4 Å². The minimum Gasteiger partial charge on any atom is -0.300 e. The highest BCUT2D eigenvalue weighted by Gasteiger charge is 2.25. The van der Waals surface area contributed by atoms with E-state index >= 15 is 0 Å². The highest BCUT2D eigenvalue weighted by molar-refractivity contribution is 5.96. The van der Waals surface area contributed by atoms with Crippen LogP contribution in [0.3, 0.4) is 0 Å². The number of likely N-dealkylation sites (tertiary alicyclic amines) is 1. The van der Waals surface area contributed by atoms with Crippen LogP contribution in [0.2, 0.25) is 0 Å². The fourth-order valence-corrected chi connectivity index (χ4v) is 2.80. The van der Waals surface area contributed by atoms with E-state index in [1.807, 2.05) is 0 Å². The van der Waals surface area contributed by atoms with E-state index in [4.69, 9.17) is 0 Å². The quantitative estimate of drug-likeness (QED) is 0.775. The first kappa shape index (κ1) is 14.2. The molecule has 104 valence electrons. The third-order valence-electron chi connectivity index (χ3n) is 4.30. The van der Waals surface area contributed by atoms with Gasteiger partial charge in [0, 0.05) is 19.0 Å². The van der Waals surface area contributed by atoms with Crippen LogP contribution in [0.15, 0.2) is 24.3 Å². The minimum atomic E-state index is -0.410. The summed E-state index contributed by atoms with van der Waals surface area (Å²) in [6.45, 7) is 6.27. The molecule has 1 aliphatic rings. The molecule has 1 aromatic rings. The van der Waals surface area contributed by atoms with Gasteiger partial charge in [0.05, 0.1) is 5.56 Å². The molecule has 2 unspecified atom stereocenters. The summed E-state index contributed by atoms with van der Waals surface area (Å²) in [5.74, 6) is 0.174. The van der Waals surface area contributed by atoms with Gasteiger partial charge in [0.2, 0.25) is 0 Å². The molecule has 3 heteroatoms. The molecular formula is C16H22FNO. The van der Waals surface area contributed by atoms with E-state index in [1.54, 1.807) is 18.2 Å². The summed E-state index contributed by atoms with van der Waals surface area (Å²) in [6.07, 6.45) is 2.86. The lowest BCUT2D eigenvalue weighted by Crippen LogP contribution is -2.43. The molecule has 1 aromatic carbocycles. The van der Waals surface area contributed by atoms with Gasteiger partial charge in [0.15, 0.2) is 5.78 Å². The lowest BCUT2D eigenvalue weighted by molar-refractivity contribution is 0.0874. The number of carbonyl (C=O) groups is 1. The Balaban J connectivity index is 1.92. The highest BCUT2D eigenvalue weighted by atomic mass is 19.1. The third-order valence-corrected chi connectivity index (χ3v) is 4.30. The molecule has 1 saturated heterocycles. The van der Waals surface area contributed by atoms with Crippen molar-refractivity contribution < 1.29 is 9.18 Å². The van der Waals surface area contributed by atoms with Crippen molar-refractivity contribution in [2.75, 3.05) is 13.1 Å². The van der Waals surface area contributed by atoms with Gasteiger partial charge in [0.25, 0.3) is 0 Å². The maximum Gasteiger partial charge on any atom is 0.167 e. The molecule has 0 amide bonds. The van der Waals surface area contributed by atoms with Crippen LogP contribution < -0.4 is 0 Å². The summed E-state index contributed by atoms with van der Waals surface area (Å²) in [5.41, 5.74) is 0.222. The predicted octanol–water partition coefficient (Wildman–Crippen LogP) is 3.52. The number of benzene rings is 1. The van der Waals surface area contributed by atoms with E-state index in [1.165, 1.54) is 18.9 Å². The molecule has 0 saturated carbocycles. The van der Waals surface area contributed by atoms with Crippen molar-refractivity contribution in [3.63, 3.8) is 0 Å². The van der Waals surface area contributed by atoms with Crippen molar-refractivity contribution in [3.05, 3.63) is 35.6 Å². The maximum atomic E-state index is 13.5. The van der Waals surface area contributed by atoms with Crippen LogP contribution in [-0.4, -0.2) is 29.8 Å². The van der Waals surface area contributed by atoms with Gasteiger partial charge in [-0.1, -0.05) is 19.1 Å². The van der Waals surface area contributed by atoms with E-state index in [9.17, 15) is 9.18 Å². The molecule has 2 nitrogen and oxygen atoms in total. The average Bonchev–Trinajstić information content (AvgIpc) is 2.40. The number of piperidine rings is 1. The van der Waals surface area contributed by atoms with E-state index in [0.29, 0.717) is 18.4 Å². The van der Waals surface area contributed by atoms with E-state index in [0.717, 1.165) is 13.1 Å². The Kier molecular flexibility index (Phi) is 4.70. The predicted molar refractivity (Wildman–Crippen MR) is 74.8 cm³/mol. The number of hydrogen-bond donors (Lipinski definition) is 0. The first-order valence-corrected chi connectivity index (χ1v) is 7.11. The summed E-state index contributed by atoms with van der Waals surface area (Å²) in [7, 11) is 0. The second kappa shape index (κ2) is 6.29. The van der Waals surface area contributed by atoms with E-state index in [2.05, 4.69) is 18.7 Å². The molecule has 0 aliphatic carbocycles. The average molecular weight is 263 g/mol. The topological polar surface area (TPSA) is 20.3 Å². The lowest BCUT2D eigenvalue weighted by Gasteiger charge is -2.37. The molecule has 1 heterocycles. The van der Waals surface area contributed by atoms with Gasteiger partial charge >= 0.3 is 0 Å². The van der Waals surface area contributed by atoms with E-state index in [-0.39, 0.29) is 11.3 Å². The number of ketones is 1. The third kappa shape index (κ3) is 3.41. The molecule has 0 bridgehead atoms. The van der Waals surface area contributed by atoms with Crippen molar-refractivity contribution in [3.8, 4) is 0 Å². The molecule has 0 spiro atoms. The first-order chi connectivity index (χ1) is 9.09. The number of carbonyl (C=O) groups excluding carboxylic acids is 1. The molecule has 1 fully saturated rings. The monoisotopic (exact) mass is 263 g/mol. The Morgan fingerprint density at radius 3 is 2.84 bits per heavy atom. The second-order valence-electron chi connectivity index (χ2n) is 5.55. The number of hydrogen-bond acceptors (Lipinski definition) is 2. The van der Waals surface area contributed by atoms with Crippen LogP contribution in [0.5, 0.6) is 0 Å². The number of nitrogens with zero attached hydrogens (tertiary/aromatic N) is 1. The van der Waals surface area contributed by atoms with Crippen molar-refractivity contribution >= 4 is 5.78 Å². The van der Waals surface area contributed by atoms with Crippen molar-refractivity contribution in [1.29, 1.82) is 0 Å². The Hall–Kier alpha value is -1.22. The second-order valence-corrected chi connectivity index (χ2v) is 5.55. The molecule has 0 aromatic heterocycles. The van der Waals surface area contributed by atoms with Crippen LogP contribution in [0.4, 0.5) is 4.39 Å². The SMILES string of the molecule is CC1CCCN(CCC(=O)c2ccccc2F)C1C. The van der Waals surface area contributed by atoms with Gasteiger partial charge in [-0.2, -0.15) is 0 Å². The number of rotatable bonds is 4. The van der Waals surface area contributed by atoms with E-state index < -0.39 is 5.82 Å². The summed E-state index contributed by atoms with van der Waals surface area (Å²) in [5, 5.41) is 0. The zero-order chi connectivity index (χ0) is 13.8. The summed E-state index contributed by atoms with van der Waals surface area (Å²) < 4.78 is 13.5. The Bertz CT molecular complexity index is 446. The molecule has 2 atom stereocenters. The first-order valence-electron chi connectivity index (χ1n) is 7.11. The van der Waals surface area contributed by atoms with Gasteiger partial charge < -0.3 is 0 Å². The highest BCUT2D eigenvalue weighted by Crippen LogP contribution is 2.23. The standard InChI is InChI=1S/C16H22FNO/c1-12-6-5-10-18(13(12)2)11-9-16(19)14-7-3-4-8-15(14)17/h3-4,7-8,12-13H,5-6,9-11H2,1-2H3. The van der Waals surface area contributed by atoms with Gasteiger partial charge in [-0.15, -0.1) is 0 Å². The van der Waals surface area contributed by atoms with Crippen LogP contribution in [0, 0.1) is 11.7 Å². The molecule has 2 rings (SSSR count). The number of halogens is 1. The van der Waals surface area contributed by atoms with Crippen molar-refractivity contribution in [1.82, 2.24) is 4.90 Å². The molecule has 19 heavy (non-hydrogen) atoms. The van der Waals surface area contributed by atoms with Crippen LogP contribution in [0.1, 0.15) is 43.5 Å².